The number of nitrogens with zero attached hydrogens (tertiary/aromatic N) is 3. The van der Waals surface area contributed by atoms with E-state index in [9.17, 15) is 14.0 Å². The molecular weight excluding hydrogens is 355 g/mol. The van der Waals surface area contributed by atoms with Crippen LogP contribution in [-0.4, -0.2) is 32.2 Å². The van der Waals surface area contributed by atoms with E-state index in [1.54, 1.807) is 22.8 Å². The van der Waals surface area contributed by atoms with E-state index in [-0.39, 0.29) is 23.3 Å². The fourth-order valence-corrected chi connectivity index (χ4v) is 3.11. The molecule has 2 aromatic carbocycles. The van der Waals surface area contributed by atoms with Crippen LogP contribution in [0.4, 0.5) is 10.1 Å². The average Bonchev–Trinajstić information content (AvgIpc) is 3.08. The van der Waals surface area contributed by atoms with Crippen LogP contribution >= 0.6 is 11.8 Å². The summed E-state index contributed by atoms with van der Waals surface area (Å²) in [7, 11) is 0. The molecule has 0 spiro atoms. The van der Waals surface area contributed by atoms with E-state index in [0.717, 1.165) is 5.69 Å². The Labute approximate surface area is 153 Å². The van der Waals surface area contributed by atoms with Gasteiger partial charge in [-0.1, -0.05) is 17.8 Å². The standard InChI is InChI=1S/C18H15FN4O2S/c1-12(24)21-15-3-2-4-16(9-15)23-11-20-22-18(23)26-10-17(25)13-5-7-14(19)8-6-13/h2-9,11H,10H2,1H3,(H,21,24). The SMILES string of the molecule is CC(=O)Nc1cccc(-n2cnnc2SCC(=O)c2ccc(F)cc2)c1. The molecule has 6 nitrogen and oxygen atoms in total. The van der Waals surface area contributed by atoms with Crippen molar-refractivity contribution in [2.24, 2.45) is 0 Å². The molecule has 1 amide bonds. The van der Waals surface area contributed by atoms with Crippen molar-refractivity contribution in [3.8, 4) is 5.69 Å². The molecule has 0 aliphatic rings. The molecular formula is C18H15FN4O2S. The summed E-state index contributed by atoms with van der Waals surface area (Å²) in [5, 5.41) is 11.2. The van der Waals surface area contributed by atoms with Gasteiger partial charge in [-0.25, -0.2) is 4.39 Å². The zero-order chi connectivity index (χ0) is 18.5. The van der Waals surface area contributed by atoms with Gasteiger partial charge in [0.1, 0.15) is 12.1 Å². The molecule has 1 heterocycles. The van der Waals surface area contributed by atoms with E-state index in [2.05, 4.69) is 15.5 Å². The number of aromatic nitrogens is 3. The number of rotatable bonds is 6. The number of amides is 1. The van der Waals surface area contributed by atoms with Gasteiger partial charge in [0.05, 0.1) is 11.4 Å². The fourth-order valence-electron chi connectivity index (χ4n) is 2.29. The zero-order valence-electron chi connectivity index (χ0n) is 13.8. The van der Waals surface area contributed by atoms with Crippen molar-refractivity contribution in [3.63, 3.8) is 0 Å². The molecule has 0 unspecified atom stereocenters. The Balaban J connectivity index is 1.73. The number of hydrogen-bond donors (Lipinski definition) is 1. The molecule has 0 radical (unpaired) electrons. The summed E-state index contributed by atoms with van der Waals surface area (Å²) in [5.74, 6) is -0.523. The van der Waals surface area contributed by atoms with Gasteiger partial charge in [-0.15, -0.1) is 10.2 Å². The third-order valence-corrected chi connectivity index (χ3v) is 4.40. The van der Waals surface area contributed by atoms with Gasteiger partial charge < -0.3 is 5.32 Å². The lowest BCUT2D eigenvalue weighted by Gasteiger charge is -2.08. The van der Waals surface area contributed by atoms with Gasteiger partial charge >= 0.3 is 0 Å². The van der Waals surface area contributed by atoms with Crippen molar-refractivity contribution in [1.29, 1.82) is 0 Å². The number of carbonyl (C=O) groups excluding carboxylic acids is 2. The van der Waals surface area contributed by atoms with Gasteiger partial charge in [-0.3, -0.25) is 14.2 Å². The first kappa shape index (κ1) is 17.8. The van der Waals surface area contributed by atoms with Crippen LogP contribution in [0, 0.1) is 5.82 Å². The molecule has 0 saturated carbocycles. The predicted octanol–water partition coefficient (Wildman–Crippen LogP) is 3.34. The molecule has 0 fully saturated rings. The highest BCUT2D eigenvalue weighted by atomic mass is 32.2. The lowest BCUT2D eigenvalue weighted by atomic mass is 10.1. The molecule has 1 aromatic heterocycles. The van der Waals surface area contributed by atoms with E-state index in [0.29, 0.717) is 16.4 Å². The number of benzene rings is 2. The highest BCUT2D eigenvalue weighted by Gasteiger charge is 2.12. The summed E-state index contributed by atoms with van der Waals surface area (Å²) in [4.78, 5) is 23.4. The summed E-state index contributed by atoms with van der Waals surface area (Å²) in [5.41, 5.74) is 1.86. The largest absolute Gasteiger partial charge is 0.326 e. The van der Waals surface area contributed by atoms with Gasteiger partial charge in [-0.2, -0.15) is 0 Å². The van der Waals surface area contributed by atoms with Crippen molar-refractivity contribution in [2.75, 3.05) is 11.1 Å². The van der Waals surface area contributed by atoms with Crippen LogP contribution in [0.5, 0.6) is 0 Å². The summed E-state index contributed by atoms with van der Waals surface area (Å²) in [6.07, 6.45) is 1.54. The lowest BCUT2D eigenvalue weighted by Crippen LogP contribution is -2.07. The predicted molar refractivity (Wildman–Crippen MR) is 97.1 cm³/mol. The molecule has 26 heavy (non-hydrogen) atoms. The van der Waals surface area contributed by atoms with Gasteiger partial charge in [-0.05, 0) is 42.5 Å². The maximum Gasteiger partial charge on any atom is 0.221 e. The second kappa shape index (κ2) is 7.92. The summed E-state index contributed by atoms with van der Waals surface area (Å²) in [6.45, 7) is 1.44. The minimum atomic E-state index is -0.381. The van der Waals surface area contributed by atoms with Gasteiger partial charge in [0, 0.05) is 18.2 Å². The molecule has 0 atom stereocenters. The molecule has 0 bridgehead atoms. The Morgan fingerprint density at radius 2 is 1.96 bits per heavy atom. The van der Waals surface area contributed by atoms with Crippen molar-refractivity contribution in [3.05, 3.63) is 66.2 Å². The Morgan fingerprint density at radius 3 is 2.69 bits per heavy atom. The topological polar surface area (TPSA) is 76.9 Å². The lowest BCUT2D eigenvalue weighted by molar-refractivity contribution is -0.114. The van der Waals surface area contributed by atoms with Crippen LogP contribution in [0.1, 0.15) is 17.3 Å². The molecule has 1 N–H and O–H groups in total. The third-order valence-electron chi connectivity index (χ3n) is 3.46. The van der Waals surface area contributed by atoms with Crippen LogP contribution in [-0.2, 0) is 4.79 Å². The molecule has 0 saturated heterocycles. The van der Waals surface area contributed by atoms with E-state index in [4.69, 9.17) is 0 Å². The number of nitrogens with one attached hydrogen (secondary N) is 1. The normalized spacial score (nSPS) is 10.5. The minimum Gasteiger partial charge on any atom is -0.326 e. The first-order valence-corrected chi connectivity index (χ1v) is 8.71. The number of hydrogen-bond acceptors (Lipinski definition) is 5. The fraction of sp³-hybridized carbons (Fsp3) is 0.111. The number of halogens is 1. The summed E-state index contributed by atoms with van der Waals surface area (Å²) in [6, 6.07) is 12.7. The van der Waals surface area contributed by atoms with Crippen molar-refractivity contribution < 1.29 is 14.0 Å². The van der Waals surface area contributed by atoms with Crippen LogP contribution in [0.25, 0.3) is 5.69 Å². The maximum absolute atomic E-state index is 12.9. The summed E-state index contributed by atoms with van der Waals surface area (Å²) >= 11 is 1.23. The highest BCUT2D eigenvalue weighted by Crippen LogP contribution is 2.22. The number of anilines is 1. The quantitative estimate of drug-likeness (QED) is 0.532. The second-order valence-corrected chi connectivity index (χ2v) is 6.38. The number of Topliss-reactive ketones (excluding diaryl/α,β-unsaturated/α-hetero) is 1. The molecule has 0 aliphatic carbocycles. The average molecular weight is 370 g/mol. The van der Waals surface area contributed by atoms with E-state index in [1.165, 1.54) is 49.3 Å². The van der Waals surface area contributed by atoms with E-state index in [1.807, 2.05) is 6.07 Å². The second-order valence-electron chi connectivity index (χ2n) is 5.43. The number of carbonyl (C=O) groups is 2. The molecule has 3 aromatic rings. The Kier molecular flexibility index (Phi) is 5.43. The first-order chi connectivity index (χ1) is 12.5. The molecule has 3 rings (SSSR count). The maximum atomic E-state index is 12.9. The van der Waals surface area contributed by atoms with Gasteiger partial charge in [0.25, 0.3) is 0 Å². The highest BCUT2D eigenvalue weighted by molar-refractivity contribution is 7.99. The smallest absolute Gasteiger partial charge is 0.221 e. The van der Waals surface area contributed by atoms with Crippen molar-refractivity contribution >= 4 is 29.1 Å². The monoisotopic (exact) mass is 370 g/mol. The van der Waals surface area contributed by atoms with Crippen LogP contribution in [0.3, 0.4) is 0 Å². The molecule has 8 heteroatoms. The Morgan fingerprint density at radius 1 is 1.19 bits per heavy atom. The summed E-state index contributed by atoms with van der Waals surface area (Å²) < 4.78 is 14.7. The van der Waals surface area contributed by atoms with Crippen molar-refractivity contribution in [1.82, 2.24) is 14.8 Å². The zero-order valence-corrected chi connectivity index (χ0v) is 14.7. The Hall–Kier alpha value is -3.00. The Bertz CT molecular complexity index is 940. The molecule has 132 valence electrons. The van der Waals surface area contributed by atoms with E-state index < -0.39 is 0 Å². The van der Waals surface area contributed by atoms with Gasteiger partial charge in [0.2, 0.25) is 5.91 Å². The molecule has 0 aliphatic heterocycles. The van der Waals surface area contributed by atoms with Crippen LogP contribution in [0.15, 0.2) is 60.0 Å². The van der Waals surface area contributed by atoms with Crippen LogP contribution < -0.4 is 5.32 Å². The first-order valence-electron chi connectivity index (χ1n) is 7.72. The van der Waals surface area contributed by atoms with E-state index >= 15 is 0 Å². The van der Waals surface area contributed by atoms with Gasteiger partial charge in [0.15, 0.2) is 10.9 Å². The number of ketones is 1. The minimum absolute atomic E-state index is 0.128. The third kappa shape index (κ3) is 4.34. The van der Waals surface area contributed by atoms with Crippen LogP contribution in [0.2, 0.25) is 0 Å². The number of thioether (sulfide) groups is 1. The van der Waals surface area contributed by atoms with Crippen molar-refractivity contribution in [2.45, 2.75) is 12.1 Å².